The van der Waals surface area contributed by atoms with Crippen molar-refractivity contribution in [2.75, 3.05) is 6.61 Å². The molecule has 0 saturated carbocycles. The Morgan fingerprint density at radius 3 is 2.44 bits per heavy atom. The molecule has 0 aliphatic heterocycles. The number of ether oxygens (including phenoxy) is 2. The average Bonchev–Trinajstić information content (AvgIpc) is 2.42. The Morgan fingerprint density at radius 1 is 1.00 bits per heavy atom. The minimum absolute atomic E-state index is 0.0163. The maximum atomic E-state index is 9.15. The monoisotopic (exact) mass is 244 g/mol. The zero-order valence-corrected chi connectivity index (χ0v) is 10.3. The number of rotatable bonds is 5. The normalized spacial score (nSPS) is 10.1. The van der Waals surface area contributed by atoms with Gasteiger partial charge in [0, 0.05) is 0 Å². The van der Waals surface area contributed by atoms with Crippen LogP contribution >= 0.6 is 0 Å². The lowest BCUT2D eigenvalue weighted by Crippen LogP contribution is -1.96. The van der Waals surface area contributed by atoms with Crippen molar-refractivity contribution in [1.82, 2.24) is 0 Å². The summed E-state index contributed by atoms with van der Waals surface area (Å²) in [6.45, 7) is 2.48. The van der Waals surface area contributed by atoms with Gasteiger partial charge in [0.05, 0.1) is 13.2 Å². The highest BCUT2D eigenvalue weighted by molar-refractivity contribution is 5.45. The van der Waals surface area contributed by atoms with E-state index in [-0.39, 0.29) is 6.61 Å². The van der Waals surface area contributed by atoms with Crippen LogP contribution in [0.1, 0.15) is 12.5 Å². The summed E-state index contributed by atoms with van der Waals surface area (Å²) in [7, 11) is 0. The second-order valence-electron chi connectivity index (χ2n) is 3.79. The number of hydrogen-bond acceptors (Lipinski definition) is 3. The second kappa shape index (κ2) is 6.07. The van der Waals surface area contributed by atoms with Gasteiger partial charge in [0.1, 0.15) is 5.75 Å². The fraction of sp³-hybridized carbons (Fsp3) is 0.200. The summed E-state index contributed by atoms with van der Waals surface area (Å²) in [5.41, 5.74) is 0.796. The van der Waals surface area contributed by atoms with E-state index in [1.54, 1.807) is 6.07 Å². The van der Waals surface area contributed by atoms with Gasteiger partial charge in [-0.25, -0.2) is 0 Å². The van der Waals surface area contributed by atoms with E-state index in [1.165, 1.54) is 0 Å². The number of aliphatic hydroxyl groups is 1. The lowest BCUT2D eigenvalue weighted by molar-refractivity contribution is 0.280. The standard InChI is InChI=1S/C15H16O3/c1-2-17-14-9-8-12(11-16)10-15(14)18-13-6-4-3-5-7-13/h3-10,16H,2,11H2,1H3. The van der Waals surface area contributed by atoms with Crippen molar-refractivity contribution in [3.8, 4) is 17.2 Å². The molecule has 2 rings (SSSR count). The van der Waals surface area contributed by atoms with Crippen LogP contribution in [0.25, 0.3) is 0 Å². The molecule has 0 bridgehead atoms. The fourth-order valence-electron chi connectivity index (χ4n) is 1.62. The summed E-state index contributed by atoms with van der Waals surface area (Å²) < 4.78 is 11.3. The Morgan fingerprint density at radius 2 is 1.78 bits per heavy atom. The topological polar surface area (TPSA) is 38.7 Å². The molecule has 0 heterocycles. The molecule has 0 radical (unpaired) electrons. The number of para-hydroxylation sites is 1. The highest BCUT2D eigenvalue weighted by Crippen LogP contribution is 2.32. The van der Waals surface area contributed by atoms with Gasteiger partial charge in [-0.2, -0.15) is 0 Å². The van der Waals surface area contributed by atoms with Gasteiger partial charge in [-0.1, -0.05) is 24.3 Å². The summed E-state index contributed by atoms with van der Waals surface area (Å²) in [5.74, 6) is 2.04. The van der Waals surface area contributed by atoms with Crippen molar-refractivity contribution in [2.45, 2.75) is 13.5 Å². The van der Waals surface area contributed by atoms with Crippen molar-refractivity contribution in [3.63, 3.8) is 0 Å². The van der Waals surface area contributed by atoms with Gasteiger partial charge in [0.15, 0.2) is 11.5 Å². The van der Waals surface area contributed by atoms with Gasteiger partial charge in [0.2, 0.25) is 0 Å². The Balaban J connectivity index is 2.28. The van der Waals surface area contributed by atoms with E-state index in [4.69, 9.17) is 14.6 Å². The fourth-order valence-corrected chi connectivity index (χ4v) is 1.62. The Hall–Kier alpha value is -2.00. The predicted octanol–water partition coefficient (Wildman–Crippen LogP) is 3.37. The zero-order valence-electron chi connectivity index (χ0n) is 10.3. The molecule has 0 amide bonds. The maximum Gasteiger partial charge on any atom is 0.169 e. The summed E-state index contributed by atoms with van der Waals surface area (Å²) in [4.78, 5) is 0. The third kappa shape index (κ3) is 3.02. The van der Waals surface area contributed by atoms with E-state index >= 15 is 0 Å². The van der Waals surface area contributed by atoms with Crippen LogP contribution in [-0.2, 0) is 6.61 Å². The molecule has 0 aliphatic carbocycles. The number of aliphatic hydroxyl groups excluding tert-OH is 1. The van der Waals surface area contributed by atoms with E-state index in [1.807, 2.05) is 49.4 Å². The molecule has 18 heavy (non-hydrogen) atoms. The van der Waals surface area contributed by atoms with Crippen molar-refractivity contribution in [2.24, 2.45) is 0 Å². The molecule has 0 atom stereocenters. The van der Waals surface area contributed by atoms with Crippen molar-refractivity contribution >= 4 is 0 Å². The summed E-state index contributed by atoms with van der Waals surface area (Å²) in [5, 5.41) is 9.15. The van der Waals surface area contributed by atoms with Gasteiger partial charge in [-0.05, 0) is 36.8 Å². The van der Waals surface area contributed by atoms with Crippen LogP contribution in [0.15, 0.2) is 48.5 Å². The molecule has 1 N–H and O–H groups in total. The van der Waals surface area contributed by atoms with Crippen LogP contribution in [-0.4, -0.2) is 11.7 Å². The minimum atomic E-state index is -0.0163. The first-order valence-electron chi connectivity index (χ1n) is 5.93. The van der Waals surface area contributed by atoms with Crippen LogP contribution in [0.3, 0.4) is 0 Å². The van der Waals surface area contributed by atoms with Crippen molar-refractivity contribution in [3.05, 3.63) is 54.1 Å². The molecular formula is C15H16O3. The first kappa shape index (κ1) is 12.5. The Kier molecular flexibility index (Phi) is 4.20. The van der Waals surface area contributed by atoms with Crippen molar-refractivity contribution in [1.29, 1.82) is 0 Å². The minimum Gasteiger partial charge on any atom is -0.490 e. The van der Waals surface area contributed by atoms with Gasteiger partial charge in [-0.15, -0.1) is 0 Å². The predicted molar refractivity (Wildman–Crippen MR) is 70.0 cm³/mol. The molecule has 2 aromatic rings. The molecule has 3 nitrogen and oxygen atoms in total. The Labute approximate surface area is 107 Å². The van der Waals surface area contributed by atoms with Gasteiger partial charge < -0.3 is 14.6 Å². The summed E-state index contributed by atoms with van der Waals surface area (Å²) in [6.07, 6.45) is 0. The summed E-state index contributed by atoms with van der Waals surface area (Å²) in [6, 6.07) is 14.9. The van der Waals surface area contributed by atoms with Crippen LogP contribution < -0.4 is 9.47 Å². The van der Waals surface area contributed by atoms with Crippen LogP contribution in [0, 0.1) is 0 Å². The molecular weight excluding hydrogens is 228 g/mol. The lowest BCUT2D eigenvalue weighted by Gasteiger charge is -2.12. The van der Waals surface area contributed by atoms with E-state index in [0.717, 1.165) is 11.3 Å². The van der Waals surface area contributed by atoms with Gasteiger partial charge in [0.25, 0.3) is 0 Å². The zero-order chi connectivity index (χ0) is 12.8. The van der Waals surface area contributed by atoms with E-state index in [0.29, 0.717) is 18.1 Å². The molecule has 3 heteroatoms. The smallest absolute Gasteiger partial charge is 0.169 e. The average molecular weight is 244 g/mol. The largest absolute Gasteiger partial charge is 0.490 e. The SMILES string of the molecule is CCOc1ccc(CO)cc1Oc1ccccc1. The third-order valence-corrected chi connectivity index (χ3v) is 2.46. The van der Waals surface area contributed by atoms with Crippen LogP contribution in [0.4, 0.5) is 0 Å². The first-order chi connectivity index (χ1) is 8.83. The number of hydrogen-bond donors (Lipinski definition) is 1. The van der Waals surface area contributed by atoms with E-state index in [2.05, 4.69) is 0 Å². The van der Waals surface area contributed by atoms with Crippen molar-refractivity contribution < 1.29 is 14.6 Å². The quantitative estimate of drug-likeness (QED) is 0.876. The van der Waals surface area contributed by atoms with Crippen LogP contribution in [0.2, 0.25) is 0 Å². The van der Waals surface area contributed by atoms with Gasteiger partial charge >= 0.3 is 0 Å². The third-order valence-electron chi connectivity index (χ3n) is 2.46. The van der Waals surface area contributed by atoms with Crippen LogP contribution in [0.5, 0.6) is 17.2 Å². The molecule has 2 aromatic carbocycles. The first-order valence-corrected chi connectivity index (χ1v) is 5.93. The van der Waals surface area contributed by atoms with E-state index in [9.17, 15) is 0 Å². The Bertz CT molecular complexity index is 494. The summed E-state index contributed by atoms with van der Waals surface area (Å²) >= 11 is 0. The van der Waals surface area contributed by atoms with E-state index < -0.39 is 0 Å². The molecule has 0 fully saturated rings. The maximum absolute atomic E-state index is 9.15. The highest BCUT2D eigenvalue weighted by Gasteiger charge is 2.07. The molecule has 0 unspecified atom stereocenters. The second-order valence-corrected chi connectivity index (χ2v) is 3.79. The molecule has 0 spiro atoms. The molecule has 0 aliphatic rings. The number of benzene rings is 2. The molecule has 94 valence electrons. The molecule has 0 aromatic heterocycles. The van der Waals surface area contributed by atoms with Gasteiger partial charge in [-0.3, -0.25) is 0 Å². The highest BCUT2D eigenvalue weighted by atomic mass is 16.5. The lowest BCUT2D eigenvalue weighted by atomic mass is 10.2. The molecule has 0 saturated heterocycles.